The van der Waals surface area contributed by atoms with Gasteiger partial charge in [0.1, 0.15) is 5.03 Å². The van der Waals surface area contributed by atoms with E-state index < -0.39 is 0 Å². The molecular weight excluding hydrogens is 274 g/mol. The molecule has 0 amide bonds. The molecule has 13 heavy (non-hydrogen) atoms. The lowest BCUT2D eigenvalue weighted by molar-refractivity contribution is 0.0454. The Hall–Kier alpha value is 0.230. The van der Waals surface area contributed by atoms with Crippen LogP contribution in [0.25, 0.3) is 0 Å². The van der Waals surface area contributed by atoms with Crippen molar-refractivity contribution in [2.24, 2.45) is 0 Å². The van der Waals surface area contributed by atoms with Crippen molar-refractivity contribution in [1.82, 2.24) is 4.98 Å². The summed E-state index contributed by atoms with van der Waals surface area (Å²) in [5.41, 5.74) is 0. The third-order valence-electron chi connectivity index (χ3n) is 1.66. The summed E-state index contributed by atoms with van der Waals surface area (Å²) in [4.78, 5) is 4.23. The number of rotatable bonds is 2. The van der Waals surface area contributed by atoms with Crippen LogP contribution in [-0.4, -0.2) is 23.4 Å². The predicted octanol–water partition coefficient (Wildman–Crippen LogP) is 2.99. The Morgan fingerprint density at radius 1 is 1.62 bits per heavy atom. The summed E-state index contributed by atoms with van der Waals surface area (Å²) in [5, 5.41) is 2.18. The van der Waals surface area contributed by atoms with Crippen molar-refractivity contribution < 1.29 is 4.74 Å². The quantitative estimate of drug-likeness (QED) is 0.831. The summed E-state index contributed by atoms with van der Waals surface area (Å²) in [6.07, 6.45) is 1.66. The van der Waals surface area contributed by atoms with Crippen LogP contribution in [-0.2, 0) is 4.74 Å². The predicted molar refractivity (Wildman–Crippen MR) is 57.4 cm³/mol. The van der Waals surface area contributed by atoms with Crippen LogP contribution in [0.4, 0.5) is 0 Å². The number of hydrogen-bond acceptors (Lipinski definition) is 3. The lowest BCUT2D eigenvalue weighted by Gasteiger charge is -2.24. The number of aromatic nitrogens is 1. The molecule has 0 unspecified atom stereocenters. The fraction of sp³-hybridized carbons (Fsp3) is 0.375. The number of pyridine rings is 1. The molecular formula is C8H7BrClNOS. The summed E-state index contributed by atoms with van der Waals surface area (Å²) in [7, 11) is 0. The van der Waals surface area contributed by atoms with E-state index in [2.05, 4.69) is 20.9 Å². The first kappa shape index (κ1) is 9.77. The topological polar surface area (TPSA) is 22.1 Å². The smallest absolute Gasteiger partial charge is 0.111 e. The van der Waals surface area contributed by atoms with Gasteiger partial charge in [-0.25, -0.2) is 4.98 Å². The minimum Gasteiger partial charge on any atom is -0.379 e. The number of nitrogens with zero attached hydrogens (tertiary/aromatic N) is 1. The fourth-order valence-corrected chi connectivity index (χ4v) is 2.78. The minimum atomic E-state index is 0.546. The van der Waals surface area contributed by atoms with Crippen LogP contribution in [0.2, 0.25) is 5.02 Å². The van der Waals surface area contributed by atoms with E-state index in [1.807, 2.05) is 6.07 Å². The molecule has 0 N–H and O–H groups in total. The standard InChI is InChI=1S/C8H7BrClNOS/c9-7-1-5(10)2-11-8(7)13-6-3-12-4-6/h1-2,6H,3-4H2. The molecule has 5 heteroatoms. The zero-order chi connectivity index (χ0) is 9.26. The normalized spacial score (nSPS) is 17.1. The number of halogens is 2. The highest BCUT2D eigenvalue weighted by molar-refractivity contribution is 9.10. The first-order valence-corrected chi connectivity index (χ1v) is 5.86. The van der Waals surface area contributed by atoms with Crippen LogP contribution in [0.3, 0.4) is 0 Å². The van der Waals surface area contributed by atoms with Crippen molar-refractivity contribution in [2.75, 3.05) is 13.2 Å². The summed E-state index contributed by atoms with van der Waals surface area (Å²) in [5.74, 6) is 0. The van der Waals surface area contributed by atoms with E-state index in [1.165, 1.54) is 0 Å². The third-order valence-corrected chi connectivity index (χ3v) is 3.89. The summed E-state index contributed by atoms with van der Waals surface area (Å²) < 4.78 is 6.04. The van der Waals surface area contributed by atoms with Crippen LogP contribution < -0.4 is 0 Å². The molecule has 0 aliphatic carbocycles. The van der Waals surface area contributed by atoms with Gasteiger partial charge in [0.15, 0.2) is 0 Å². The molecule has 70 valence electrons. The largest absolute Gasteiger partial charge is 0.379 e. The van der Waals surface area contributed by atoms with E-state index >= 15 is 0 Å². The molecule has 0 aromatic carbocycles. The van der Waals surface area contributed by atoms with Gasteiger partial charge < -0.3 is 4.74 Å². The number of thioether (sulfide) groups is 1. The average Bonchev–Trinajstić information content (AvgIpc) is 1.99. The molecule has 0 saturated carbocycles. The van der Waals surface area contributed by atoms with Gasteiger partial charge in [0.2, 0.25) is 0 Å². The van der Waals surface area contributed by atoms with Crippen LogP contribution in [0.1, 0.15) is 0 Å². The Kier molecular flexibility index (Phi) is 3.14. The van der Waals surface area contributed by atoms with Gasteiger partial charge in [-0.3, -0.25) is 0 Å². The Morgan fingerprint density at radius 3 is 2.92 bits per heavy atom. The van der Waals surface area contributed by atoms with Gasteiger partial charge in [0.05, 0.1) is 28.0 Å². The van der Waals surface area contributed by atoms with Crippen LogP contribution in [0.5, 0.6) is 0 Å². The second-order valence-electron chi connectivity index (χ2n) is 2.72. The van der Waals surface area contributed by atoms with Crippen molar-refractivity contribution in [3.05, 3.63) is 21.8 Å². The molecule has 1 fully saturated rings. The van der Waals surface area contributed by atoms with E-state index in [-0.39, 0.29) is 0 Å². The Balaban J connectivity index is 2.10. The highest BCUT2D eigenvalue weighted by Gasteiger charge is 2.21. The highest BCUT2D eigenvalue weighted by atomic mass is 79.9. The fourth-order valence-electron chi connectivity index (χ4n) is 0.929. The molecule has 1 aromatic heterocycles. The van der Waals surface area contributed by atoms with Crippen LogP contribution >= 0.6 is 39.3 Å². The molecule has 1 saturated heterocycles. The van der Waals surface area contributed by atoms with Crippen molar-refractivity contribution >= 4 is 39.3 Å². The van der Waals surface area contributed by atoms with Gasteiger partial charge >= 0.3 is 0 Å². The minimum absolute atomic E-state index is 0.546. The van der Waals surface area contributed by atoms with Gasteiger partial charge in [0.25, 0.3) is 0 Å². The van der Waals surface area contributed by atoms with Crippen LogP contribution in [0.15, 0.2) is 21.8 Å². The van der Waals surface area contributed by atoms with Gasteiger partial charge in [0, 0.05) is 6.20 Å². The van der Waals surface area contributed by atoms with E-state index in [0.29, 0.717) is 10.3 Å². The van der Waals surface area contributed by atoms with E-state index in [0.717, 1.165) is 22.7 Å². The monoisotopic (exact) mass is 279 g/mol. The zero-order valence-corrected chi connectivity index (χ0v) is 9.82. The molecule has 2 rings (SSSR count). The zero-order valence-electron chi connectivity index (χ0n) is 6.67. The molecule has 0 radical (unpaired) electrons. The summed E-state index contributed by atoms with van der Waals surface area (Å²) >= 11 is 10.9. The first-order valence-electron chi connectivity index (χ1n) is 3.81. The molecule has 1 aromatic rings. The second-order valence-corrected chi connectivity index (χ2v) is 5.30. The molecule has 1 aliphatic rings. The number of hydrogen-bond donors (Lipinski definition) is 0. The first-order chi connectivity index (χ1) is 6.25. The van der Waals surface area contributed by atoms with Gasteiger partial charge in [-0.05, 0) is 22.0 Å². The lowest BCUT2D eigenvalue weighted by atomic mass is 10.4. The SMILES string of the molecule is Clc1cnc(SC2COC2)c(Br)c1. The lowest BCUT2D eigenvalue weighted by Crippen LogP contribution is -2.30. The van der Waals surface area contributed by atoms with Crippen molar-refractivity contribution in [1.29, 1.82) is 0 Å². The molecule has 0 atom stereocenters. The van der Waals surface area contributed by atoms with Gasteiger partial charge in [-0.2, -0.15) is 0 Å². The molecule has 2 heterocycles. The van der Waals surface area contributed by atoms with Crippen molar-refractivity contribution in [3.8, 4) is 0 Å². The van der Waals surface area contributed by atoms with Gasteiger partial charge in [-0.15, -0.1) is 0 Å². The maximum absolute atomic E-state index is 5.77. The van der Waals surface area contributed by atoms with Crippen LogP contribution in [0, 0.1) is 0 Å². The Bertz CT molecular complexity index is 319. The third kappa shape index (κ3) is 2.37. The highest BCUT2D eigenvalue weighted by Crippen LogP contribution is 2.32. The second kappa shape index (κ2) is 4.17. The van der Waals surface area contributed by atoms with E-state index in [1.54, 1.807) is 18.0 Å². The summed E-state index contributed by atoms with van der Waals surface area (Å²) in [6, 6.07) is 1.86. The van der Waals surface area contributed by atoms with Crippen molar-refractivity contribution in [3.63, 3.8) is 0 Å². The molecule has 0 spiro atoms. The average molecular weight is 281 g/mol. The van der Waals surface area contributed by atoms with Gasteiger partial charge in [-0.1, -0.05) is 23.4 Å². The molecule has 1 aliphatic heterocycles. The van der Waals surface area contributed by atoms with Crippen molar-refractivity contribution in [2.45, 2.75) is 10.3 Å². The Morgan fingerprint density at radius 2 is 2.38 bits per heavy atom. The maximum atomic E-state index is 5.77. The Labute approximate surface area is 94.1 Å². The summed E-state index contributed by atoms with van der Waals surface area (Å²) in [6.45, 7) is 1.64. The van der Waals surface area contributed by atoms with E-state index in [4.69, 9.17) is 16.3 Å². The molecule has 0 bridgehead atoms. The molecule has 2 nitrogen and oxygen atoms in total. The van der Waals surface area contributed by atoms with E-state index in [9.17, 15) is 0 Å². The number of ether oxygens (including phenoxy) is 1. The maximum Gasteiger partial charge on any atom is 0.111 e.